The molecule has 1 amide bonds. The van der Waals surface area contributed by atoms with Crippen molar-refractivity contribution < 1.29 is 19.8 Å². The number of hydrogen-bond donors (Lipinski definition) is 3. The second-order valence-corrected chi connectivity index (χ2v) is 5.92. The topological polar surface area (TPSA) is 86.6 Å². The first-order valence-electron chi connectivity index (χ1n) is 7.67. The summed E-state index contributed by atoms with van der Waals surface area (Å²) in [6.07, 6.45) is 6.33. The first kappa shape index (κ1) is 17.0. The zero-order valence-corrected chi connectivity index (χ0v) is 12.5. The zero-order valence-electron chi connectivity index (χ0n) is 12.5. The molecule has 1 aliphatic rings. The molecule has 0 heterocycles. The molecule has 0 unspecified atom stereocenters. The maximum Gasteiger partial charge on any atom is 0.328 e. The fourth-order valence-corrected chi connectivity index (χ4v) is 2.87. The second kappa shape index (κ2) is 8.25. The van der Waals surface area contributed by atoms with Crippen LogP contribution < -0.4 is 5.32 Å². The quantitative estimate of drug-likeness (QED) is 0.667. The number of carbonyl (C=O) groups excluding carboxylic acids is 1. The number of aliphatic hydroxyl groups excluding tert-OH is 1. The molecule has 0 radical (unpaired) electrons. The average molecular weight is 285 g/mol. The van der Waals surface area contributed by atoms with E-state index in [1.54, 1.807) is 0 Å². The lowest BCUT2D eigenvalue weighted by Crippen LogP contribution is -2.49. The van der Waals surface area contributed by atoms with E-state index < -0.39 is 18.1 Å². The highest BCUT2D eigenvalue weighted by molar-refractivity contribution is 5.85. The molecule has 0 saturated heterocycles. The van der Waals surface area contributed by atoms with Crippen molar-refractivity contribution in [3.05, 3.63) is 0 Å². The highest BCUT2D eigenvalue weighted by Crippen LogP contribution is 2.32. The van der Waals surface area contributed by atoms with Crippen molar-refractivity contribution in [1.29, 1.82) is 0 Å². The number of rotatable bonds is 7. The maximum absolute atomic E-state index is 12.1. The van der Waals surface area contributed by atoms with E-state index in [1.165, 1.54) is 26.2 Å². The summed E-state index contributed by atoms with van der Waals surface area (Å²) in [5.41, 5.74) is 0. The van der Waals surface area contributed by atoms with Crippen LogP contribution in [-0.2, 0) is 9.59 Å². The van der Waals surface area contributed by atoms with Gasteiger partial charge in [-0.2, -0.15) is 0 Å². The summed E-state index contributed by atoms with van der Waals surface area (Å²) >= 11 is 0. The molecule has 0 aromatic heterocycles. The van der Waals surface area contributed by atoms with Crippen molar-refractivity contribution in [3.8, 4) is 0 Å². The van der Waals surface area contributed by atoms with Crippen molar-refractivity contribution in [2.75, 3.05) is 0 Å². The summed E-state index contributed by atoms with van der Waals surface area (Å²) in [6, 6.07) is -1.21. The highest BCUT2D eigenvalue weighted by atomic mass is 16.4. The van der Waals surface area contributed by atoms with E-state index in [-0.39, 0.29) is 11.8 Å². The van der Waals surface area contributed by atoms with Crippen molar-refractivity contribution >= 4 is 11.9 Å². The monoisotopic (exact) mass is 285 g/mol. The predicted molar refractivity (Wildman–Crippen MR) is 76.2 cm³/mol. The van der Waals surface area contributed by atoms with Gasteiger partial charge in [-0.1, -0.05) is 26.2 Å². The average Bonchev–Trinajstić information content (AvgIpc) is 2.42. The van der Waals surface area contributed by atoms with E-state index in [2.05, 4.69) is 12.2 Å². The Morgan fingerprint density at radius 3 is 2.30 bits per heavy atom. The molecule has 0 aromatic rings. The SMILES string of the molecule is CCCCC1CCC(C(=O)N[C@H](C(=O)O)[C@@H](C)O)CC1. The van der Waals surface area contributed by atoms with Gasteiger partial charge in [0.2, 0.25) is 5.91 Å². The van der Waals surface area contributed by atoms with Gasteiger partial charge >= 0.3 is 5.97 Å². The highest BCUT2D eigenvalue weighted by Gasteiger charge is 2.30. The molecule has 0 spiro atoms. The minimum absolute atomic E-state index is 0.103. The van der Waals surface area contributed by atoms with Crippen molar-refractivity contribution in [2.45, 2.75) is 70.9 Å². The van der Waals surface area contributed by atoms with Crippen LogP contribution in [0.15, 0.2) is 0 Å². The third kappa shape index (κ3) is 5.12. The van der Waals surface area contributed by atoms with Crippen LogP contribution in [0.1, 0.15) is 58.8 Å². The number of hydrogen-bond acceptors (Lipinski definition) is 3. The summed E-state index contributed by atoms with van der Waals surface area (Å²) in [6.45, 7) is 3.56. The molecule has 0 aliphatic heterocycles. The van der Waals surface area contributed by atoms with Gasteiger partial charge in [0, 0.05) is 5.92 Å². The molecular weight excluding hydrogens is 258 g/mol. The van der Waals surface area contributed by atoms with Crippen LogP contribution in [0.4, 0.5) is 0 Å². The fraction of sp³-hybridized carbons (Fsp3) is 0.867. The summed E-state index contributed by atoms with van der Waals surface area (Å²) < 4.78 is 0. The van der Waals surface area contributed by atoms with Gasteiger partial charge in [-0.3, -0.25) is 4.79 Å². The molecule has 116 valence electrons. The van der Waals surface area contributed by atoms with Crippen LogP contribution in [0.25, 0.3) is 0 Å². The molecule has 20 heavy (non-hydrogen) atoms. The number of aliphatic hydroxyl groups is 1. The van der Waals surface area contributed by atoms with Gasteiger partial charge in [-0.05, 0) is 38.5 Å². The molecule has 1 rings (SSSR count). The molecule has 5 heteroatoms. The lowest BCUT2D eigenvalue weighted by atomic mass is 9.79. The normalized spacial score (nSPS) is 25.8. The van der Waals surface area contributed by atoms with Gasteiger partial charge in [-0.25, -0.2) is 4.79 Å². The van der Waals surface area contributed by atoms with E-state index >= 15 is 0 Å². The Morgan fingerprint density at radius 2 is 1.85 bits per heavy atom. The van der Waals surface area contributed by atoms with E-state index in [9.17, 15) is 14.7 Å². The van der Waals surface area contributed by atoms with Crippen LogP contribution in [0.5, 0.6) is 0 Å². The van der Waals surface area contributed by atoms with Gasteiger partial charge < -0.3 is 15.5 Å². The van der Waals surface area contributed by atoms with Crippen LogP contribution in [0.2, 0.25) is 0 Å². The second-order valence-electron chi connectivity index (χ2n) is 5.92. The fourth-order valence-electron chi connectivity index (χ4n) is 2.87. The maximum atomic E-state index is 12.1. The molecule has 2 atom stereocenters. The van der Waals surface area contributed by atoms with Crippen LogP contribution in [0.3, 0.4) is 0 Å². The van der Waals surface area contributed by atoms with E-state index in [1.807, 2.05) is 0 Å². The van der Waals surface area contributed by atoms with Crippen molar-refractivity contribution in [1.82, 2.24) is 5.32 Å². The molecule has 3 N–H and O–H groups in total. The molecule has 1 saturated carbocycles. The minimum atomic E-state index is -1.21. The van der Waals surface area contributed by atoms with Gasteiger partial charge in [0.25, 0.3) is 0 Å². The molecule has 5 nitrogen and oxygen atoms in total. The van der Waals surface area contributed by atoms with Crippen LogP contribution >= 0.6 is 0 Å². The Labute approximate surface area is 120 Å². The number of amides is 1. The smallest absolute Gasteiger partial charge is 0.328 e. The Morgan fingerprint density at radius 1 is 1.25 bits per heavy atom. The van der Waals surface area contributed by atoms with Crippen LogP contribution in [-0.4, -0.2) is 34.2 Å². The summed E-state index contributed by atoms with van der Waals surface area (Å²) in [5, 5.41) is 20.8. The molecule has 0 bridgehead atoms. The third-order valence-electron chi connectivity index (χ3n) is 4.23. The van der Waals surface area contributed by atoms with E-state index in [0.717, 1.165) is 25.7 Å². The minimum Gasteiger partial charge on any atom is -0.480 e. The Kier molecular flexibility index (Phi) is 6.99. The van der Waals surface area contributed by atoms with E-state index in [4.69, 9.17) is 5.11 Å². The number of aliphatic carboxylic acids is 1. The Balaban J connectivity index is 2.40. The third-order valence-corrected chi connectivity index (χ3v) is 4.23. The molecule has 1 aliphatic carbocycles. The summed E-state index contributed by atoms with van der Waals surface area (Å²) in [4.78, 5) is 23.0. The first-order valence-corrected chi connectivity index (χ1v) is 7.67. The van der Waals surface area contributed by atoms with Crippen molar-refractivity contribution in [2.24, 2.45) is 11.8 Å². The Hall–Kier alpha value is -1.10. The van der Waals surface area contributed by atoms with Gasteiger partial charge in [0.05, 0.1) is 6.10 Å². The number of carboxylic acids is 1. The lowest BCUT2D eigenvalue weighted by molar-refractivity contribution is -0.145. The number of unbranched alkanes of at least 4 members (excludes halogenated alkanes) is 1. The van der Waals surface area contributed by atoms with Crippen LogP contribution in [0, 0.1) is 11.8 Å². The number of nitrogens with one attached hydrogen (secondary N) is 1. The largest absolute Gasteiger partial charge is 0.480 e. The Bertz CT molecular complexity index is 322. The van der Waals surface area contributed by atoms with E-state index in [0.29, 0.717) is 5.92 Å². The molecule has 1 fully saturated rings. The summed E-state index contributed by atoms with van der Waals surface area (Å²) in [7, 11) is 0. The lowest BCUT2D eigenvalue weighted by Gasteiger charge is -2.29. The number of carbonyl (C=O) groups is 2. The van der Waals surface area contributed by atoms with Crippen molar-refractivity contribution in [3.63, 3.8) is 0 Å². The molecular formula is C15H27NO4. The predicted octanol–water partition coefficient (Wildman–Crippen LogP) is 1.93. The van der Waals surface area contributed by atoms with Gasteiger partial charge in [0.1, 0.15) is 0 Å². The molecule has 0 aromatic carbocycles. The first-order chi connectivity index (χ1) is 9.45. The van der Waals surface area contributed by atoms with Gasteiger partial charge in [0.15, 0.2) is 6.04 Å². The van der Waals surface area contributed by atoms with Gasteiger partial charge in [-0.15, -0.1) is 0 Å². The standard InChI is InChI=1S/C15H27NO4/c1-3-4-5-11-6-8-12(9-7-11)14(18)16-13(10(2)17)15(19)20/h10-13,17H,3-9H2,1-2H3,(H,16,18)(H,19,20)/t10-,11?,12?,13+/m1/s1. The summed E-state index contributed by atoms with van der Waals surface area (Å²) in [5.74, 6) is -0.809. The number of carboxylic acid groups (broad SMARTS) is 1. The zero-order chi connectivity index (χ0) is 15.1.